The molecule has 0 aliphatic heterocycles. The topological polar surface area (TPSA) is 105 Å². The van der Waals surface area contributed by atoms with E-state index in [-0.39, 0.29) is 18.0 Å². The minimum absolute atomic E-state index is 0.182. The summed E-state index contributed by atoms with van der Waals surface area (Å²) in [7, 11) is 0. The number of unbranched alkanes of at least 4 members (excludes halogenated alkanes) is 2. The molecule has 0 atom stereocenters. The van der Waals surface area contributed by atoms with Crippen LogP contribution in [-0.4, -0.2) is 33.5 Å². The van der Waals surface area contributed by atoms with Gasteiger partial charge in [-0.2, -0.15) is 0 Å². The molecule has 0 saturated heterocycles. The van der Waals surface area contributed by atoms with E-state index >= 15 is 0 Å². The van der Waals surface area contributed by atoms with Crippen LogP contribution < -0.4 is 5.32 Å². The minimum atomic E-state index is -0.767. The van der Waals surface area contributed by atoms with Gasteiger partial charge in [0.2, 0.25) is 5.89 Å². The molecule has 2 aromatic heterocycles. The Balaban J connectivity index is 1.46. The fourth-order valence-electron chi connectivity index (χ4n) is 3.54. The second kappa shape index (κ2) is 10.7. The molecule has 1 aliphatic carbocycles. The van der Waals surface area contributed by atoms with Gasteiger partial charge in [-0.15, -0.1) is 0 Å². The number of pyridine rings is 1. The normalized spacial score (nSPS) is 13.6. The van der Waals surface area contributed by atoms with Crippen LogP contribution in [0.3, 0.4) is 0 Å². The van der Waals surface area contributed by atoms with Gasteiger partial charge in [-0.1, -0.05) is 24.3 Å². The summed E-state index contributed by atoms with van der Waals surface area (Å²) >= 11 is 0. The molecule has 0 radical (unpaired) electrons. The number of nitrogens with zero attached hydrogens (tertiary/aromatic N) is 2. The van der Waals surface area contributed by atoms with Crippen molar-refractivity contribution in [2.45, 2.75) is 38.5 Å². The van der Waals surface area contributed by atoms with E-state index in [1.807, 2.05) is 42.6 Å². The van der Waals surface area contributed by atoms with Gasteiger partial charge in [0.15, 0.2) is 5.69 Å². The Morgan fingerprint density at radius 2 is 1.94 bits per heavy atom. The average molecular weight is 446 g/mol. The standard InChI is InChI=1S/C26H27N3O4/c30-24(31)7-3-1-2-6-22(21-5-4-14-27-16-21)19-10-12-20(13-11-19)26-29-23(17-33-26)25(32)28-15-18-8-9-18/h4-6,10-14,16-18H,1-3,7-9,15H2,(H,28,32)(H,30,31)/b22-6+. The number of aromatic nitrogens is 2. The smallest absolute Gasteiger partial charge is 0.303 e. The van der Waals surface area contributed by atoms with Crippen molar-refractivity contribution in [1.29, 1.82) is 0 Å². The van der Waals surface area contributed by atoms with Crippen LogP contribution in [0.1, 0.15) is 60.1 Å². The Kier molecular flexibility index (Phi) is 7.29. The molecule has 0 spiro atoms. The van der Waals surface area contributed by atoms with Crippen molar-refractivity contribution in [1.82, 2.24) is 15.3 Å². The van der Waals surface area contributed by atoms with Crippen molar-refractivity contribution in [2.24, 2.45) is 5.92 Å². The van der Waals surface area contributed by atoms with Gasteiger partial charge in [0.1, 0.15) is 6.26 Å². The Bertz CT molecular complexity index is 1120. The largest absolute Gasteiger partial charge is 0.481 e. The Labute approximate surface area is 192 Å². The van der Waals surface area contributed by atoms with Crippen molar-refractivity contribution >= 4 is 17.4 Å². The number of allylic oxidation sites excluding steroid dienone is 1. The van der Waals surface area contributed by atoms with Gasteiger partial charge >= 0.3 is 5.97 Å². The molecule has 7 heteroatoms. The van der Waals surface area contributed by atoms with Crippen LogP contribution in [0, 0.1) is 5.92 Å². The first-order chi connectivity index (χ1) is 16.1. The first kappa shape index (κ1) is 22.5. The van der Waals surface area contributed by atoms with Crippen molar-refractivity contribution in [3.8, 4) is 11.5 Å². The molecular weight excluding hydrogens is 418 g/mol. The SMILES string of the molecule is O=C(O)CCCC/C=C(\c1ccc(-c2nc(C(=O)NCC3CC3)co2)cc1)c1cccnc1. The fourth-order valence-corrected chi connectivity index (χ4v) is 3.54. The van der Waals surface area contributed by atoms with Gasteiger partial charge in [-0.25, -0.2) is 4.98 Å². The predicted molar refractivity (Wildman–Crippen MR) is 124 cm³/mol. The quantitative estimate of drug-likeness (QED) is 0.405. The zero-order chi connectivity index (χ0) is 23.0. The van der Waals surface area contributed by atoms with Gasteiger partial charge < -0.3 is 14.8 Å². The maximum Gasteiger partial charge on any atom is 0.303 e. The zero-order valence-corrected chi connectivity index (χ0v) is 18.4. The summed E-state index contributed by atoms with van der Waals surface area (Å²) in [6.07, 6.45) is 11.8. The van der Waals surface area contributed by atoms with Crippen molar-refractivity contribution in [2.75, 3.05) is 6.54 Å². The number of carbonyl (C=O) groups is 2. The Hall–Kier alpha value is -3.74. The van der Waals surface area contributed by atoms with Crippen LogP contribution in [0.25, 0.3) is 17.0 Å². The van der Waals surface area contributed by atoms with Gasteiger partial charge in [-0.05, 0) is 67.4 Å². The average Bonchev–Trinajstić information content (AvgIpc) is 3.54. The molecule has 2 N–H and O–H groups in total. The van der Waals surface area contributed by atoms with Gasteiger partial charge in [0.25, 0.3) is 5.91 Å². The number of carboxylic acid groups (broad SMARTS) is 1. The summed E-state index contributed by atoms with van der Waals surface area (Å²) in [5, 5.41) is 11.7. The van der Waals surface area contributed by atoms with E-state index in [2.05, 4.69) is 21.4 Å². The molecule has 1 aromatic carbocycles. The Morgan fingerprint density at radius 3 is 2.64 bits per heavy atom. The first-order valence-corrected chi connectivity index (χ1v) is 11.3. The highest BCUT2D eigenvalue weighted by molar-refractivity contribution is 5.92. The third kappa shape index (κ3) is 6.38. The molecule has 1 aliphatic rings. The second-order valence-corrected chi connectivity index (χ2v) is 8.27. The number of amides is 1. The number of carbonyl (C=O) groups excluding carboxylic acids is 1. The van der Waals surface area contributed by atoms with E-state index in [0.717, 1.165) is 35.1 Å². The molecule has 1 saturated carbocycles. The van der Waals surface area contributed by atoms with Crippen molar-refractivity contribution in [3.05, 3.63) is 78.0 Å². The first-order valence-electron chi connectivity index (χ1n) is 11.3. The fraction of sp³-hybridized carbons (Fsp3) is 0.308. The van der Waals surface area contributed by atoms with E-state index in [4.69, 9.17) is 9.52 Å². The van der Waals surface area contributed by atoms with Crippen LogP contribution in [0.5, 0.6) is 0 Å². The van der Waals surface area contributed by atoms with Crippen LogP contribution >= 0.6 is 0 Å². The lowest BCUT2D eigenvalue weighted by Crippen LogP contribution is -2.25. The third-order valence-corrected chi connectivity index (χ3v) is 5.59. The molecule has 0 unspecified atom stereocenters. The van der Waals surface area contributed by atoms with E-state index in [0.29, 0.717) is 24.8 Å². The molecule has 4 rings (SSSR count). The lowest BCUT2D eigenvalue weighted by atomic mass is 9.96. The van der Waals surface area contributed by atoms with Crippen LogP contribution in [0.15, 0.2) is 65.5 Å². The van der Waals surface area contributed by atoms with Crippen LogP contribution in [-0.2, 0) is 4.79 Å². The van der Waals surface area contributed by atoms with E-state index in [9.17, 15) is 9.59 Å². The van der Waals surface area contributed by atoms with Crippen molar-refractivity contribution < 1.29 is 19.1 Å². The molecule has 170 valence electrons. The van der Waals surface area contributed by atoms with Crippen molar-refractivity contribution in [3.63, 3.8) is 0 Å². The number of rotatable bonds is 11. The summed E-state index contributed by atoms with van der Waals surface area (Å²) < 4.78 is 5.55. The Morgan fingerprint density at radius 1 is 1.12 bits per heavy atom. The molecule has 33 heavy (non-hydrogen) atoms. The van der Waals surface area contributed by atoms with E-state index in [1.165, 1.54) is 19.1 Å². The molecule has 7 nitrogen and oxygen atoms in total. The molecular formula is C26H27N3O4. The molecule has 1 amide bonds. The lowest BCUT2D eigenvalue weighted by Gasteiger charge is -2.09. The van der Waals surface area contributed by atoms with Gasteiger partial charge in [0.05, 0.1) is 0 Å². The highest BCUT2D eigenvalue weighted by atomic mass is 16.4. The number of nitrogens with one attached hydrogen (secondary N) is 1. The monoisotopic (exact) mass is 445 g/mol. The van der Waals surface area contributed by atoms with Crippen LogP contribution in [0.4, 0.5) is 0 Å². The number of aliphatic carboxylic acids is 1. The minimum Gasteiger partial charge on any atom is -0.481 e. The molecule has 2 heterocycles. The molecule has 0 bridgehead atoms. The number of benzene rings is 1. The predicted octanol–water partition coefficient (Wildman–Crippen LogP) is 4.95. The lowest BCUT2D eigenvalue weighted by molar-refractivity contribution is -0.137. The number of hydrogen-bond acceptors (Lipinski definition) is 5. The maximum absolute atomic E-state index is 12.2. The van der Waals surface area contributed by atoms with E-state index in [1.54, 1.807) is 6.20 Å². The number of oxazole rings is 1. The number of hydrogen-bond donors (Lipinski definition) is 2. The maximum atomic E-state index is 12.2. The number of carboxylic acids is 1. The zero-order valence-electron chi connectivity index (χ0n) is 18.4. The van der Waals surface area contributed by atoms with Gasteiger partial charge in [0, 0.05) is 36.5 Å². The summed E-state index contributed by atoms with van der Waals surface area (Å²) in [5.41, 5.74) is 4.12. The third-order valence-electron chi connectivity index (χ3n) is 5.59. The highest BCUT2D eigenvalue weighted by Crippen LogP contribution is 2.28. The summed E-state index contributed by atoms with van der Waals surface area (Å²) in [4.78, 5) is 31.5. The molecule has 1 fully saturated rings. The summed E-state index contributed by atoms with van der Waals surface area (Å²) in [6.45, 7) is 0.690. The summed E-state index contributed by atoms with van der Waals surface area (Å²) in [5.74, 6) is 0.0288. The summed E-state index contributed by atoms with van der Waals surface area (Å²) in [6, 6.07) is 11.7. The second-order valence-electron chi connectivity index (χ2n) is 8.27. The van der Waals surface area contributed by atoms with E-state index < -0.39 is 5.97 Å². The van der Waals surface area contributed by atoms with Gasteiger partial charge in [-0.3, -0.25) is 14.6 Å². The highest BCUT2D eigenvalue weighted by Gasteiger charge is 2.23. The molecule has 3 aromatic rings. The van der Waals surface area contributed by atoms with Crippen LogP contribution in [0.2, 0.25) is 0 Å².